The van der Waals surface area contributed by atoms with E-state index in [0.717, 1.165) is 19.4 Å². The molecular weight excluding hydrogens is 142 g/mol. The number of amides is 1. The Hall–Kier alpha value is -0.570. The lowest BCUT2D eigenvalue weighted by molar-refractivity contribution is -0.128. The Morgan fingerprint density at radius 3 is 3.09 bits per heavy atom. The van der Waals surface area contributed by atoms with E-state index in [1.54, 1.807) is 0 Å². The highest BCUT2D eigenvalue weighted by Gasteiger charge is 2.40. The highest BCUT2D eigenvalue weighted by atomic mass is 16.3. The molecule has 3 nitrogen and oxygen atoms in total. The molecule has 0 aromatic carbocycles. The fourth-order valence-electron chi connectivity index (χ4n) is 2.25. The second kappa shape index (κ2) is 2.48. The maximum Gasteiger partial charge on any atom is 0.222 e. The van der Waals surface area contributed by atoms with Crippen LogP contribution in [-0.4, -0.2) is 35.1 Å². The van der Waals surface area contributed by atoms with Crippen LogP contribution >= 0.6 is 0 Å². The molecule has 1 amide bonds. The summed E-state index contributed by atoms with van der Waals surface area (Å²) in [5.41, 5.74) is 0. The van der Waals surface area contributed by atoms with Crippen LogP contribution in [0.3, 0.4) is 0 Å². The van der Waals surface area contributed by atoms with E-state index >= 15 is 0 Å². The zero-order chi connectivity index (χ0) is 7.84. The maximum absolute atomic E-state index is 11.2. The van der Waals surface area contributed by atoms with Crippen molar-refractivity contribution in [2.75, 3.05) is 13.2 Å². The monoisotopic (exact) mass is 155 g/mol. The number of aliphatic hydroxyl groups is 1. The van der Waals surface area contributed by atoms with Crippen LogP contribution in [0.5, 0.6) is 0 Å². The van der Waals surface area contributed by atoms with Crippen LogP contribution < -0.4 is 0 Å². The molecule has 2 heterocycles. The van der Waals surface area contributed by atoms with E-state index in [1.807, 2.05) is 4.90 Å². The number of fused-ring (bicyclic) bond motifs is 1. The molecule has 0 spiro atoms. The van der Waals surface area contributed by atoms with Gasteiger partial charge in [0.2, 0.25) is 5.91 Å². The van der Waals surface area contributed by atoms with Crippen molar-refractivity contribution in [2.45, 2.75) is 25.3 Å². The zero-order valence-corrected chi connectivity index (χ0v) is 6.49. The molecule has 2 atom stereocenters. The predicted octanol–water partition coefficient (Wildman–Crippen LogP) is -0.0104. The Labute approximate surface area is 66.0 Å². The van der Waals surface area contributed by atoms with Crippen molar-refractivity contribution in [3.05, 3.63) is 0 Å². The summed E-state index contributed by atoms with van der Waals surface area (Å²) in [5.74, 6) is 0.646. The van der Waals surface area contributed by atoms with Gasteiger partial charge in [-0.15, -0.1) is 0 Å². The smallest absolute Gasteiger partial charge is 0.222 e. The lowest BCUT2D eigenvalue weighted by Crippen LogP contribution is -2.30. The predicted molar refractivity (Wildman–Crippen MR) is 39.9 cm³/mol. The van der Waals surface area contributed by atoms with E-state index in [0.29, 0.717) is 18.4 Å². The van der Waals surface area contributed by atoms with Gasteiger partial charge in [-0.2, -0.15) is 0 Å². The molecule has 3 heteroatoms. The first kappa shape index (κ1) is 7.10. The summed E-state index contributed by atoms with van der Waals surface area (Å²) in [6, 6.07) is 0.368. The van der Waals surface area contributed by atoms with Crippen molar-refractivity contribution < 1.29 is 9.90 Å². The van der Waals surface area contributed by atoms with Gasteiger partial charge in [0.25, 0.3) is 0 Å². The Morgan fingerprint density at radius 2 is 2.36 bits per heavy atom. The average molecular weight is 155 g/mol. The molecule has 2 aliphatic heterocycles. The van der Waals surface area contributed by atoms with Crippen molar-refractivity contribution in [1.29, 1.82) is 0 Å². The topological polar surface area (TPSA) is 40.5 Å². The van der Waals surface area contributed by atoms with Gasteiger partial charge in [-0.05, 0) is 12.8 Å². The van der Waals surface area contributed by atoms with Crippen molar-refractivity contribution in [1.82, 2.24) is 4.90 Å². The Bertz CT molecular complexity index is 181. The summed E-state index contributed by atoms with van der Waals surface area (Å²) in [6.45, 7) is 1.11. The van der Waals surface area contributed by atoms with E-state index in [-0.39, 0.29) is 12.5 Å². The third-order valence-corrected chi connectivity index (χ3v) is 2.89. The summed E-state index contributed by atoms with van der Waals surface area (Å²) < 4.78 is 0. The lowest BCUT2D eigenvalue weighted by Gasteiger charge is -2.18. The van der Waals surface area contributed by atoms with Gasteiger partial charge in [0.15, 0.2) is 0 Å². The molecule has 2 fully saturated rings. The minimum atomic E-state index is 0.244. The third-order valence-electron chi connectivity index (χ3n) is 2.89. The molecule has 0 bridgehead atoms. The van der Waals surface area contributed by atoms with Crippen LogP contribution in [0.25, 0.3) is 0 Å². The second-order valence-electron chi connectivity index (χ2n) is 3.42. The summed E-state index contributed by atoms with van der Waals surface area (Å²) in [4.78, 5) is 13.1. The number of aliphatic hydroxyl groups excluding tert-OH is 1. The zero-order valence-electron chi connectivity index (χ0n) is 6.49. The van der Waals surface area contributed by atoms with Crippen LogP contribution in [0.2, 0.25) is 0 Å². The molecule has 0 aromatic heterocycles. The van der Waals surface area contributed by atoms with Crippen LogP contribution in [0.4, 0.5) is 0 Å². The van der Waals surface area contributed by atoms with Gasteiger partial charge in [0.05, 0.1) is 0 Å². The third kappa shape index (κ3) is 0.948. The lowest BCUT2D eigenvalue weighted by atomic mass is 10.00. The summed E-state index contributed by atoms with van der Waals surface area (Å²) in [6.07, 6.45) is 2.65. The van der Waals surface area contributed by atoms with Crippen LogP contribution in [0.15, 0.2) is 0 Å². The van der Waals surface area contributed by atoms with Gasteiger partial charge in [0.1, 0.15) is 0 Å². The minimum Gasteiger partial charge on any atom is -0.396 e. The van der Waals surface area contributed by atoms with Crippen molar-refractivity contribution in [3.63, 3.8) is 0 Å². The van der Waals surface area contributed by atoms with E-state index in [9.17, 15) is 4.79 Å². The molecular formula is C8H13NO2. The second-order valence-corrected chi connectivity index (χ2v) is 3.42. The van der Waals surface area contributed by atoms with Gasteiger partial charge in [0, 0.05) is 31.5 Å². The highest BCUT2D eigenvalue weighted by Crippen LogP contribution is 2.32. The summed E-state index contributed by atoms with van der Waals surface area (Å²) >= 11 is 0. The molecule has 11 heavy (non-hydrogen) atoms. The molecule has 2 rings (SSSR count). The molecule has 2 saturated heterocycles. The maximum atomic E-state index is 11.2. The molecule has 0 saturated carbocycles. The molecule has 0 radical (unpaired) electrons. The quantitative estimate of drug-likeness (QED) is 0.578. The SMILES string of the molecule is O=C1CC[C@@H]2[C@H](CO)CCN12. The first-order valence-corrected chi connectivity index (χ1v) is 4.23. The first-order valence-electron chi connectivity index (χ1n) is 4.23. The Balaban J connectivity index is 2.10. The standard InChI is InChI=1S/C8H13NO2/c10-5-6-3-4-9-7(6)1-2-8(9)11/h6-7,10H,1-5H2/t6-,7+/m0/s1. The van der Waals surface area contributed by atoms with Crippen LogP contribution in [0.1, 0.15) is 19.3 Å². The summed E-state index contributed by atoms with van der Waals surface area (Å²) in [7, 11) is 0. The Morgan fingerprint density at radius 1 is 1.55 bits per heavy atom. The number of nitrogens with zero attached hydrogens (tertiary/aromatic N) is 1. The molecule has 0 aliphatic carbocycles. The summed E-state index contributed by atoms with van der Waals surface area (Å²) in [5, 5.41) is 8.96. The van der Waals surface area contributed by atoms with Gasteiger partial charge < -0.3 is 10.0 Å². The number of carbonyl (C=O) groups excluding carboxylic acids is 1. The van der Waals surface area contributed by atoms with Crippen molar-refractivity contribution >= 4 is 5.91 Å². The van der Waals surface area contributed by atoms with Crippen molar-refractivity contribution in [2.24, 2.45) is 5.92 Å². The molecule has 2 aliphatic rings. The largest absolute Gasteiger partial charge is 0.396 e. The molecule has 0 aromatic rings. The molecule has 62 valence electrons. The first-order chi connectivity index (χ1) is 5.33. The fraction of sp³-hybridized carbons (Fsp3) is 0.875. The van der Waals surface area contributed by atoms with Gasteiger partial charge in [-0.25, -0.2) is 0 Å². The van der Waals surface area contributed by atoms with Gasteiger partial charge >= 0.3 is 0 Å². The molecule has 0 unspecified atom stereocenters. The normalized spacial score (nSPS) is 36.5. The van der Waals surface area contributed by atoms with Gasteiger partial charge in [-0.3, -0.25) is 4.79 Å². The van der Waals surface area contributed by atoms with E-state index in [1.165, 1.54) is 0 Å². The van der Waals surface area contributed by atoms with Crippen LogP contribution in [0, 0.1) is 5.92 Å². The van der Waals surface area contributed by atoms with Crippen LogP contribution in [-0.2, 0) is 4.79 Å². The number of hydrogen-bond acceptors (Lipinski definition) is 2. The number of carbonyl (C=O) groups is 1. The average Bonchev–Trinajstić information content (AvgIpc) is 2.53. The van der Waals surface area contributed by atoms with Crippen molar-refractivity contribution in [3.8, 4) is 0 Å². The van der Waals surface area contributed by atoms with E-state index in [4.69, 9.17) is 5.11 Å². The van der Waals surface area contributed by atoms with E-state index < -0.39 is 0 Å². The highest BCUT2D eigenvalue weighted by molar-refractivity contribution is 5.79. The minimum absolute atomic E-state index is 0.244. The molecule has 1 N–H and O–H groups in total. The fourth-order valence-corrected chi connectivity index (χ4v) is 2.25. The van der Waals surface area contributed by atoms with E-state index in [2.05, 4.69) is 0 Å². The van der Waals surface area contributed by atoms with Gasteiger partial charge in [-0.1, -0.05) is 0 Å². The Kier molecular flexibility index (Phi) is 1.60. The number of hydrogen-bond donors (Lipinski definition) is 1. The number of rotatable bonds is 1.